The fourth-order valence-electron chi connectivity index (χ4n) is 2.23. The van der Waals surface area contributed by atoms with Crippen LogP contribution in [0.5, 0.6) is 0 Å². The van der Waals surface area contributed by atoms with E-state index in [2.05, 4.69) is 56.1 Å². The standard InChI is InChI=1S/C16H17N5/c1-21(11-13-5-3-2-4-6-13)12-14-9-19-16(20-14)15-10-17-7-8-18-15/h2-10H,11-12H2,1H3,(H,19,20). The molecule has 2 aromatic heterocycles. The van der Waals surface area contributed by atoms with Crippen molar-refractivity contribution < 1.29 is 0 Å². The lowest BCUT2D eigenvalue weighted by Crippen LogP contribution is -2.17. The number of imidazole rings is 1. The van der Waals surface area contributed by atoms with Gasteiger partial charge in [0.25, 0.3) is 0 Å². The minimum absolute atomic E-state index is 0.756. The molecule has 0 spiro atoms. The molecule has 3 rings (SSSR count). The van der Waals surface area contributed by atoms with Crippen LogP contribution in [0.25, 0.3) is 11.5 Å². The van der Waals surface area contributed by atoms with E-state index in [0.29, 0.717) is 0 Å². The van der Waals surface area contributed by atoms with Gasteiger partial charge < -0.3 is 4.98 Å². The number of nitrogens with one attached hydrogen (secondary N) is 1. The second kappa shape index (κ2) is 6.28. The Morgan fingerprint density at radius 2 is 1.86 bits per heavy atom. The molecule has 5 nitrogen and oxygen atoms in total. The molecule has 5 heteroatoms. The highest BCUT2D eigenvalue weighted by atomic mass is 15.1. The van der Waals surface area contributed by atoms with E-state index >= 15 is 0 Å². The molecule has 1 N–H and O–H groups in total. The molecule has 0 atom stereocenters. The van der Waals surface area contributed by atoms with Gasteiger partial charge in [0.05, 0.1) is 12.4 Å². The Labute approximate surface area is 123 Å². The monoisotopic (exact) mass is 279 g/mol. The molecule has 0 unspecified atom stereocenters. The van der Waals surface area contributed by atoms with E-state index in [0.717, 1.165) is 30.3 Å². The third kappa shape index (κ3) is 3.52. The molecule has 0 saturated heterocycles. The first-order valence-corrected chi connectivity index (χ1v) is 6.84. The molecule has 0 radical (unpaired) electrons. The van der Waals surface area contributed by atoms with Crippen molar-refractivity contribution >= 4 is 0 Å². The van der Waals surface area contributed by atoms with Gasteiger partial charge in [-0.1, -0.05) is 30.3 Å². The van der Waals surface area contributed by atoms with Gasteiger partial charge in [0.15, 0.2) is 5.82 Å². The summed E-state index contributed by atoms with van der Waals surface area (Å²) < 4.78 is 0. The molecular formula is C16H17N5. The lowest BCUT2D eigenvalue weighted by Gasteiger charge is -2.15. The summed E-state index contributed by atoms with van der Waals surface area (Å²) in [5, 5.41) is 0. The summed E-state index contributed by atoms with van der Waals surface area (Å²) in [4.78, 5) is 18.2. The number of nitrogens with zero attached hydrogens (tertiary/aromatic N) is 4. The van der Waals surface area contributed by atoms with Gasteiger partial charge in [-0.05, 0) is 12.6 Å². The van der Waals surface area contributed by atoms with E-state index in [-0.39, 0.29) is 0 Å². The van der Waals surface area contributed by atoms with E-state index in [4.69, 9.17) is 0 Å². The number of rotatable bonds is 5. The van der Waals surface area contributed by atoms with E-state index in [1.165, 1.54) is 5.56 Å². The van der Waals surface area contributed by atoms with Gasteiger partial charge in [0.1, 0.15) is 5.69 Å². The van der Waals surface area contributed by atoms with Gasteiger partial charge in [0.2, 0.25) is 0 Å². The van der Waals surface area contributed by atoms with Crippen molar-refractivity contribution in [3.8, 4) is 11.5 Å². The third-order valence-electron chi connectivity index (χ3n) is 3.17. The summed E-state index contributed by atoms with van der Waals surface area (Å²) in [5.74, 6) is 0.756. The van der Waals surface area contributed by atoms with Crippen molar-refractivity contribution in [2.45, 2.75) is 13.1 Å². The number of hydrogen-bond acceptors (Lipinski definition) is 4. The average molecular weight is 279 g/mol. The van der Waals surface area contributed by atoms with Crippen LogP contribution < -0.4 is 0 Å². The Morgan fingerprint density at radius 3 is 2.62 bits per heavy atom. The Balaban J connectivity index is 1.65. The Hall–Kier alpha value is -2.53. The van der Waals surface area contributed by atoms with Crippen LogP contribution in [-0.2, 0) is 13.1 Å². The van der Waals surface area contributed by atoms with Gasteiger partial charge in [-0.15, -0.1) is 0 Å². The highest BCUT2D eigenvalue weighted by molar-refractivity contribution is 5.47. The quantitative estimate of drug-likeness (QED) is 0.779. The molecule has 1 aromatic carbocycles. The number of benzene rings is 1. The predicted octanol–water partition coefficient (Wildman–Crippen LogP) is 2.50. The highest BCUT2D eigenvalue weighted by Gasteiger charge is 2.07. The van der Waals surface area contributed by atoms with Crippen LogP contribution in [0.2, 0.25) is 0 Å². The van der Waals surface area contributed by atoms with Gasteiger partial charge in [0, 0.05) is 31.2 Å². The zero-order valence-electron chi connectivity index (χ0n) is 11.9. The summed E-state index contributed by atoms with van der Waals surface area (Å²) in [6.45, 7) is 1.71. The Bertz CT molecular complexity index is 678. The number of aromatic amines is 1. The maximum absolute atomic E-state index is 4.36. The van der Waals surface area contributed by atoms with Crippen molar-refractivity contribution in [3.63, 3.8) is 0 Å². The van der Waals surface area contributed by atoms with Crippen LogP contribution in [0.15, 0.2) is 55.1 Å². The van der Waals surface area contributed by atoms with Gasteiger partial charge in [-0.25, -0.2) is 9.97 Å². The molecule has 106 valence electrons. The van der Waals surface area contributed by atoms with Gasteiger partial charge in [-0.3, -0.25) is 9.88 Å². The van der Waals surface area contributed by atoms with Crippen molar-refractivity contribution in [2.24, 2.45) is 0 Å². The SMILES string of the molecule is CN(Cc1ccccc1)Cc1cnc(-c2cnccn2)[nH]1. The fourth-order valence-corrected chi connectivity index (χ4v) is 2.23. The van der Waals surface area contributed by atoms with Crippen molar-refractivity contribution in [1.29, 1.82) is 0 Å². The maximum Gasteiger partial charge on any atom is 0.157 e. The van der Waals surface area contributed by atoms with E-state index in [9.17, 15) is 0 Å². The summed E-state index contributed by atoms with van der Waals surface area (Å²) in [5.41, 5.74) is 3.12. The second-order valence-electron chi connectivity index (χ2n) is 5.01. The smallest absolute Gasteiger partial charge is 0.157 e. The van der Waals surface area contributed by atoms with Crippen LogP contribution >= 0.6 is 0 Å². The number of hydrogen-bond donors (Lipinski definition) is 1. The number of aromatic nitrogens is 4. The van der Waals surface area contributed by atoms with Gasteiger partial charge in [-0.2, -0.15) is 0 Å². The summed E-state index contributed by atoms with van der Waals surface area (Å²) in [7, 11) is 2.09. The molecule has 0 aliphatic rings. The van der Waals surface area contributed by atoms with Crippen LogP contribution in [0.1, 0.15) is 11.3 Å². The topological polar surface area (TPSA) is 57.7 Å². The first-order chi connectivity index (χ1) is 10.3. The summed E-state index contributed by atoms with van der Waals surface area (Å²) in [6, 6.07) is 10.4. The fraction of sp³-hybridized carbons (Fsp3) is 0.188. The molecule has 0 aliphatic heterocycles. The Kier molecular flexibility index (Phi) is 4.02. The van der Waals surface area contributed by atoms with Crippen molar-refractivity contribution in [3.05, 3.63) is 66.4 Å². The van der Waals surface area contributed by atoms with E-state index in [1.54, 1.807) is 18.6 Å². The predicted molar refractivity (Wildman–Crippen MR) is 81.2 cm³/mol. The van der Waals surface area contributed by atoms with E-state index < -0.39 is 0 Å². The second-order valence-corrected chi connectivity index (χ2v) is 5.01. The average Bonchev–Trinajstić information content (AvgIpc) is 2.97. The van der Waals surface area contributed by atoms with Crippen LogP contribution in [0.3, 0.4) is 0 Å². The molecule has 0 fully saturated rings. The first kappa shape index (κ1) is 13.5. The molecule has 0 saturated carbocycles. The van der Waals surface area contributed by atoms with Crippen LogP contribution in [-0.4, -0.2) is 31.9 Å². The van der Waals surface area contributed by atoms with E-state index in [1.807, 2.05) is 12.3 Å². The molecule has 2 heterocycles. The minimum atomic E-state index is 0.756. The zero-order chi connectivity index (χ0) is 14.5. The molecular weight excluding hydrogens is 262 g/mol. The highest BCUT2D eigenvalue weighted by Crippen LogP contribution is 2.12. The lowest BCUT2D eigenvalue weighted by molar-refractivity contribution is 0.315. The maximum atomic E-state index is 4.36. The first-order valence-electron chi connectivity index (χ1n) is 6.84. The van der Waals surface area contributed by atoms with Crippen molar-refractivity contribution in [2.75, 3.05) is 7.05 Å². The molecule has 0 amide bonds. The van der Waals surface area contributed by atoms with Crippen molar-refractivity contribution in [1.82, 2.24) is 24.8 Å². The minimum Gasteiger partial charge on any atom is -0.339 e. The Morgan fingerprint density at radius 1 is 1.00 bits per heavy atom. The molecule has 0 bridgehead atoms. The van der Waals surface area contributed by atoms with Gasteiger partial charge >= 0.3 is 0 Å². The summed E-state index contributed by atoms with van der Waals surface area (Å²) in [6.07, 6.45) is 6.88. The molecule has 3 aromatic rings. The van der Waals surface area contributed by atoms with Crippen LogP contribution in [0.4, 0.5) is 0 Å². The third-order valence-corrected chi connectivity index (χ3v) is 3.17. The molecule has 21 heavy (non-hydrogen) atoms. The summed E-state index contributed by atoms with van der Waals surface area (Å²) >= 11 is 0. The largest absolute Gasteiger partial charge is 0.339 e. The van der Waals surface area contributed by atoms with Crippen LogP contribution in [0, 0.1) is 0 Å². The normalized spacial score (nSPS) is 11.0. The zero-order valence-corrected chi connectivity index (χ0v) is 11.9. The lowest BCUT2D eigenvalue weighted by atomic mass is 10.2. The molecule has 0 aliphatic carbocycles. The number of H-pyrrole nitrogens is 1.